The molecule has 1 saturated heterocycles. The maximum atomic E-state index is 11.8. The number of amides is 1. The number of rotatable bonds is 3. The summed E-state index contributed by atoms with van der Waals surface area (Å²) in [6.07, 6.45) is 2.53. The SMILES string of the molecule is O=C(Cc1cccc(Br)c1)NC1CCNCC1. The second-order valence-electron chi connectivity index (χ2n) is 4.40. The first kappa shape index (κ1) is 12.6. The summed E-state index contributed by atoms with van der Waals surface area (Å²) < 4.78 is 1.02. The van der Waals surface area contributed by atoms with Gasteiger partial charge in [-0.05, 0) is 43.6 Å². The zero-order chi connectivity index (χ0) is 12.1. The normalized spacial score (nSPS) is 16.8. The molecule has 3 nitrogen and oxygen atoms in total. The Hall–Kier alpha value is -0.870. The predicted octanol–water partition coefficient (Wildman–Crippen LogP) is 1.86. The van der Waals surface area contributed by atoms with E-state index in [1.54, 1.807) is 0 Å². The Bertz CT molecular complexity index is 389. The second kappa shape index (κ2) is 6.17. The first-order chi connectivity index (χ1) is 8.24. The second-order valence-corrected chi connectivity index (χ2v) is 5.31. The summed E-state index contributed by atoms with van der Waals surface area (Å²) in [7, 11) is 0. The minimum absolute atomic E-state index is 0.120. The Morgan fingerprint density at radius 3 is 2.88 bits per heavy atom. The molecule has 1 amide bonds. The summed E-state index contributed by atoms with van der Waals surface area (Å²) in [5, 5.41) is 6.38. The molecule has 1 aliphatic rings. The van der Waals surface area contributed by atoms with Crippen LogP contribution in [0.25, 0.3) is 0 Å². The molecule has 4 heteroatoms. The number of carbonyl (C=O) groups excluding carboxylic acids is 1. The molecular weight excluding hydrogens is 280 g/mol. The molecule has 0 aromatic heterocycles. The number of hydrogen-bond donors (Lipinski definition) is 2. The lowest BCUT2D eigenvalue weighted by atomic mass is 10.1. The molecule has 1 fully saturated rings. The summed E-state index contributed by atoms with van der Waals surface area (Å²) in [5.74, 6) is 0.120. The zero-order valence-corrected chi connectivity index (χ0v) is 11.3. The van der Waals surface area contributed by atoms with Crippen molar-refractivity contribution >= 4 is 21.8 Å². The molecule has 0 saturated carbocycles. The number of halogens is 1. The van der Waals surface area contributed by atoms with Gasteiger partial charge in [-0.1, -0.05) is 28.1 Å². The molecule has 1 aromatic carbocycles. The number of carbonyl (C=O) groups is 1. The van der Waals surface area contributed by atoms with E-state index in [2.05, 4.69) is 26.6 Å². The average molecular weight is 297 g/mol. The third kappa shape index (κ3) is 4.13. The molecule has 1 aromatic rings. The topological polar surface area (TPSA) is 41.1 Å². The first-order valence-electron chi connectivity index (χ1n) is 5.98. The fraction of sp³-hybridized carbons (Fsp3) is 0.462. The van der Waals surface area contributed by atoms with E-state index in [-0.39, 0.29) is 5.91 Å². The van der Waals surface area contributed by atoms with Crippen molar-refractivity contribution in [3.63, 3.8) is 0 Å². The Kier molecular flexibility index (Phi) is 4.57. The smallest absolute Gasteiger partial charge is 0.224 e. The molecule has 0 bridgehead atoms. The summed E-state index contributed by atoms with van der Waals surface area (Å²) in [5.41, 5.74) is 1.05. The molecule has 2 N–H and O–H groups in total. The van der Waals surface area contributed by atoms with E-state index in [0.717, 1.165) is 36.0 Å². The van der Waals surface area contributed by atoms with Gasteiger partial charge in [0.25, 0.3) is 0 Å². The molecule has 1 aliphatic heterocycles. The van der Waals surface area contributed by atoms with Gasteiger partial charge in [0.2, 0.25) is 5.91 Å². The Labute approximate surface area is 110 Å². The average Bonchev–Trinajstić information content (AvgIpc) is 2.30. The lowest BCUT2D eigenvalue weighted by Crippen LogP contribution is -2.43. The van der Waals surface area contributed by atoms with Gasteiger partial charge in [0, 0.05) is 10.5 Å². The van der Waals surface area contributed by atoms with Gasteiger partial charge in [-0.3, -0.25) is 4.79 Å². The van der Waals surface area contributed by atoms with Crippen molar-refractivity contribution in [2.75, 3.05) is 13.1 Å². The number of hydrogen-bond acceptors (Lipinski definition) is 2. The number of nitrogens with one attached hydrogen (secondary N) is 2. The molecule has 0 atom stereocenters. The van der Waals surface area contributed by atoms with Crippen LogP contribution in [-0.2, 0) is 11.2 Å². The van der Waals surface area contributed by atoms with E-state index >= 15 is 0 Å². The van der Waals surface area contributed by atoms with Crippen LogP contribution in [0.15, 0.2) is 28.7 Å². The monoisotopic (exact) mass is 296 g/mol. The Morgan fingerprint density at radius 1 is 1.41 bits per heavy atom. The maximum Gasteiger partial charge on any atom is 0.224 e. The van der Waals surface area contributed by atoms with Crippen LogP contribution in [0, 0.1) is 0 Å². The van der Waals surface area contributed by atoms with Gasteiger partial charge in [-0.15, -0.1) is 0 Å². The number of piperidine rings is 1. The zero-order valence-electron chi connectivity index (χ0n) is 9.71. The van der Waals surface area contributed by atoms with Crippen molar-refractivity contribution in [3.8, 4) is 0 Å². The van der Waals surface area contributed by atoms with E-state index in [0.29, 0.717) is 12.5 Å². The Balaban J connectivity index is 1.84. The summed E-state index contributed by atoms with van der Waals surface area (Å²) >= 11 is 3.41. The molecule has 0 aliphatic carbocycles. The minimum Gasteiger partial charge on any atom is -0.353 e. The molecular formula is C13H17BrN2O. The van der Waals surface area contributed by atoms with Crippen LogP contribution in [0.5, 0.6) is 0 Å². The van der Waals surface area contributed by atoms with Gasteiger partial charge in [-0.2, -0.15) is 0 Å². The van der Waals surface area contributed by atoms with Crippen molar-refractivity contribution in [2.24, 2.45) is 0 Å². The van der Waals surface area contributed by atoms with Crippen molar-refractivity contribution in [1.29, 1.82) is 0 Å². The molecule has 92 valence electrons. The van der Waals surface area contributed by atoms with Crippen LogP contribution in [0.1, 0.15) is 18.4 Å². The van der Waals surface area contributed by atoms with E-state index in [4.69, 9.17) is 0 Å². The van der Waals surface area contributed by atoms with Crippen LogP contribution in [0.4, 0.5) is 0 Å². The van der Waals surface area contributed by atoms with E-state index in [1.165, 1.54) is 0 Å². The van der Waals surface area contributed by atoms with Crippen molar-refractivity contribution < 1.29 is 4.79 Å². The standard InChI is InChI=1S/C13H17BrN2O/c14-11-3-1-2-10(8-11)9-13(17)16-12-4-6-15-7-5-12/h1-3,8,12,15H,4-7,9H2,(H,16,17). The molecule has 0 spiro atoms. The van der Waals surface area contributed by atoms with Crippen LogP contribution < -0.4 is 10.6 Å². The minimum atomic E-state index is 0.120. The van der Waals surface area contributed by atoms with E-state index in [1.807, 2.05) is 24.3 Å². The van der Waals surface area contributed by atoms with Crippen LogP contribution in [0.3, 0.4) is 0 Å². The van der Waals surface area contributed by atoms with Gasteiger partial charge < -0.3 is 10.6 Å². The highest BCUT2D eigenvalue weighted by atomic mass is 79.9. The van der Waals surface area contributed by atoms with Gasteiger partial charge in [0.1, 0.15) is 0 Å². The highest BCUT2D eigenvalue weighted by Gasteiger charge is 2.15. The van der Waals surface area contributed by atoms with Crippen molar-refractivity contribution in [1.82, 2.24) is 10.6 Å². The van der Waals surface area contributed by atoms with Crippen molar-refractivity contribution in [2.45, 2.75) is 25.3 Å². The predicted molar refractivity (Wildman–Crippen MR) is 71.9 cm³/mol. The quantitative estimate of drug-likeness (QED) is 0.894. The van der Waals surface area contributed by atoms with Crippen LogP contribution in [0.2, 0.25) is 0 Å². The van der Waals surface area contributed by atoms with E-state index < -0.39 is 0 Å². The first-order valence-corrected chi connectivity index (χ1v) is 6.78. The third-order valence-electron chi connectivity index (χ3n) is 2.96. The van der Waals surface area contributed by atoms with Gasteiger partial charge in [0.15, 0.2) is 0 Å². The highest BCUT2D eigenvalue weighted by molar-refractivity contribution is 9.10. The van der Waals surface area contributed by atoms with Crippen LogP contribution >= 0.6 is 15.9 Å². The lowest BCUT2D eigenvalue weighted by Gasteiger charge is -2.23. The van der Waals surface area contributed by atoms with Gasteiger partial charge in [0.05, 0.1) is 6.42 Å². The maximum absolute atomic E-state index is 11.8. The lowest BCUT2D eigenvalue weighted by molar-refractivity contribution is -0.121. The summed E-state index contributed by atoms with van der Waals surface area (Å²) in [6, 6.07) is 8.23. The molecule has 1 heterocycles. The molecule has 0 unspecified atom stereocenters. The molecule has 17 heavy (non-hydrogen) atoms. The molecule has 0 radical (unpaired) electrons. The van der Waals surface area contributed by atoms with Crippen LogP contribution in [-0.4, -0.2) is 25.0 Å². The van der Waals surface area contributed by atoms with E-state index in [9.17, 15) is 4.79 Å². The van der Waals surface area contributed by atoms with Gasteiger partial charge >= 0.3 is 0 Å². The van der Waals surface area contributed by atoms with Gasteiger partial charge in [-0.25, -0.2) is 0 Å². The van der Waals surface area contributed by atoms with Crippen molar-refractivity contribution in [3.05, 3.63) is 34.3 Å². The Morgan fingerprint density at radius 2 is 2.18 bits per heavy atom. The fourth-order valence-electron chi connectivity index (χ4n) is 2.08. The molecule has 2 rings (SSSR count). The summed E-state index contributed by atoms with van der Waals surface area (Å²) in [4.78, 5) is 11.8. The summed E-state index contributed by atoms with van der Waals surface area (Å²) in [6.45, 7) is 2.00. The highest BCUT2D eigenvalue weighted by Crippen LogP contribution is 2.12. The number of benzene rings is 1. The fourth-order valence-corrected chi connectivity index (χ4v) is 2.52. The largest absolute Gasteiger partial charge is 0.353 e. The third-order valence-corrected chi connectivity index (χ3v) is 3.45.